The van der Waals surface area contributed by atoms with Crippen LogP contribution in [0, 0.1) is 0 Å². The SMILES string of the molecule is Nc1ccc(OCCOCCOCCOCCOCCOCCOCCOCCOCCOCCOCCOCCOCCN2C(=O)c3ccccc3C2=O)cc1. The lowest BCUT2D eigenvalue weighted by atomic mass is 10.1. The molecule has 0 radical (unpaired) electrons. The molecular weight excluding hydrogens is 748 g/mol. The van der Waals surface area contributed by atoms with Gasteiger partial charge in [0.25, 0.3) is 11.8 Å². The average Bonchev–Trinajstić information content (AvgIpc) is 3.47. The first-order valence-corrected chi connectivity index (χ1v) is 19.5. The van der Waals surface area contributed by atoms with Gasteiger partial charge in [-0.25, -0.2) is 0 Å². The van der Waals surface area contributed by atoms with Crippen LogP contribution in [0.15, 0.2) is 48.5 Å². The van der Waals surface area contributed by atoms with Crippen molar-refractivity contribution in [1.29, 1.82) is 0 Å². The van der Waals surface area contributed by atoms with Gasteiger partial charge < -0.3 is 67.3 Å². The Balaban J connectivity index is 0.895. The summed E-state index contributed by atoms with van der Waals surface area (Å²) in [5, 5.41) is 0. The van der Waals surface area contributed by atoms with E-state index in [1.807, 2.05) is 12.1 Å². The molecule has 2 aromatic carbocycles. The van der Waals surface area contributed by atoms with Crippen LogP contribution in [0.1, 0.15) is 20.7 Å². The predicted molar refractivity (Wildman–Crippen MR) is 208 cm³/mol. The second kappa shape index (κ2) is 33.6. The molecule has 0 unspecified atom stereocenters. The molecule has 2 amide bonds. The summed E-state index contributed by atoms with van der Waals surface area (Å²) in [5.41, 5.74) is 7.23. The van der Waals surface area contributed by atoms with Crippen molar-refractivity contribution in [2.45, 2.75) is 0 Å². The Hall–Kier alpha value is -3.30. The van der Waals surface area contributed by atoms with Crippen LogP contribution in [0.2, 0.25) is 0 Å². The van der Waals surface area contributed by atoms with Gasteiger partial charge in [-0.05, 0) is 36.4 Å². The van der Waals surface area contributed by atoms with E-state index in [4.69, 9.17) is 67.3 Å². The number of nitrogens with zero attached hydrogens (tertiary/aromatic N) is 1. The van der Waals surface area contributed by atoms with Gasteiger partial charge in [-0.1, -0.05) is 12.1 Å². The maximum atomic E-state index is 12.3. The molecule has 0 saturated carbocycles. The number of hydrogen-bond acceptors (Lipinski definition) is 16. The van der Waals surface area contributed by atoms with E-state index in [1.54, 1.807) is 36.4 Å². The number of nitrogen functional groups attached to an aromatic ring is 1. The number of carbonyl (C=O) groups excluding carboxylic acids is 2. The fourth-order valence-corrected chi connectivity index (χ4v) is 4.90. The minimum absolute atomic E-state index is 0.210. The molecule has 2 aromatic rings. The van der Waals surface area contributed by atoms with E-state index >= 15 is 0 Å². The highest BCUT2D eigenvalue weighted by Gasteiger charge is 2.34. The van der Waals surface area contributed by atoms with Gasteiger partial charge in [0.15, 0.2) is 0 Å². The molecule has 1 aliphatic rings. The van der Waals surface area contributed by atoms with Crippen LogP contribution < -0.4 is 10.5 Å². The Labute approximate surface area is 336 Å². The monoisotopic (exact) mass is 810 g/mol. The van der Waals surface area contributed by atoms with Crippen molar-refractivity contribution >= 4 is 17.5 Å². The van der Waals surface area contributed by atoms with Crippen LogP contribution in [0.3, 0.4) is 0 Å². The number of nitrogens with two attached hydrogens (primary N) is 1. The minimum atomic E-state index is -0.281. The Kier molecular flexibility index (Phi) is 28.4. The Morgan fingerprint density at radius 3 is 0.912 bits per heavy atom. The number of rotatable bonds is 40. The molecule has 0 atom stereocenters. The molecule has 0 aromatic heterocycles. The first kappa shape index (κ1) is 48.1. The summed E-state index contributed by atoms with van der Waals surface area (Å²) in [4.78, 5) is 25.9. The van der Waals surface area contributed by atoms with Crippen LogP contribution in [-0.4, -0.2) is 188 Å². The van der Waals surface area contributed by atoms with Crippen molar-refractivity contribution in [3.8, 4) is 5.75 Å². The van der Waals surface area contributed by atoms with Crippen molar-refractivity contribution in [3.63, 3.8) is 0 Å². The zero-order valence-electron chi connectivity index (χ0n) is 33.2. The molecule has 0 bridgehead atoms. The fraction of sp³-hybridized carbons (Fsp3) is 0.650. The van der Waals surface area contributed by atoms with Gasteiger partial charge in [0.05, 0.1) is 176 Å². The molecule has 1 aliphatic heterocycles. The molecule has 0 fully saturated rings. The molecule has 1 heterocycles. The average molecular weight is 811 g/mol. The third-order valence-electron chi connectivity index (χ3n) is 7.81. The Morgan fingerprint density at radius 1 is 0.351 bits per heavy atom. The van der Waals surface area contributed by atoms with Crippen molar-refractivity contribution in [3.05, 3.63) is 59.7 Å². The quantitative estimate of drug-likeness (QED) is 0.0587. The van der Waals surface area contributed by atoms with Crippen molar-refractivity contribution in [2.24, 2.45) is 0 Å². The van der Waals surface area contributed by atoms with Gasteiger partial charge in [-0.3, -0.25) is 14.5 Å². The number of benzene rings is 2. The number of fused-ring (bicyclic) bond motifs is 1. The molecule has 0 aliphatic carbocycles. The van der Waals surface area contributed by atoms with Gasteiger partial charge >= 0.3 is 0 Å². The summed E-state index contributed by atoms with van der Waals surface area (Å²) in [6.45, 7) is 11.8. The van der Waals surface area contributed by atoms with Crippen LogP contribution in [-0.2, 0) is 56.8 Å². The lowest BCUT2D eigenvalue weighted by Crippen LogP contribution is -2.33. The van der Waals surface area contributed by atoms with Crippen LogP contribution in [0.5, 0.6) is 5.75 Å². The first-order chi connectivity index (χ1) is 28.2. The highest BCUT2D eigenvalue weighted by atomic mass is 16.6. The number of ether oxygens (including phenoxy) is 13. The summed E-state index contributed by atoms with van der Waals surface area (Å²) >= 11 is 0. The second-order valence-corrected chi connectivity index (χ2v) is 12.1. The normalized spacial score (nSPS) is 12.5. The molecule has 3 rings (SSSR count). The van der Waals surface area contributed by atoms with E-state index < -0.39 is 0 Å². The van der Waals surface area contributed by atoms with E-state index in [9.17, 15) is 9.59 Å². The lowest BCUT2D eigenvalue weighted by Gasteiger charge is -2.13. The fourth-order valence-electron chi connectivity index (χ4n) is 4.90. The summed E-state index contributed by atoms with van der Waals surface area (Å²) in [6, 6.07) is 14.1. The molecular formula is C40H62N2O15. The zero-order chi connectivity index (χ0) is 40.3. The number of amides is 2. The minimum Gasteiger partial charge on any atom is -0.491 e. The van der Waals surface area contributed by atoms with Crippen LogP contribution in [0.25, 0.3) is 0 Å². The van der Waals surface area contributed by atoms with Crippen molar-refractivity contribution in [1.82, 2.24) is 4.90 Å². The molecule has 2 N–H and O–H groups in total. The summed E-state index contributed by atoms with van der Waals surface area (Å²) in [5.74, 6) is 0.204. The smallest absolute Gasteiger partial charge is 0.261 e. The summed E-state index contributed by atoms with van der Waals surface area (Å²) in [7, 11) is 0. The highest BCUT2D eigenvalue weighted by Crippen LogP contribution is 2.21. The first-order valence-electron chi connectivity index (χ1n) is 19.5. The van der Waals surface area contributed by atoms with E-state index in [1.165, 1.54) is 4.90 Å². The standard InChI is InChI=1S/C40H62N2O15/c41-35-5-7-36(8-6-35)57-34-33-56-32-31-55-30-29-54-28-27-53-26-25-52-24-23-51-22-21-50-20-19-49-18-17-48-16-15-47-14-13-46-12-11-45-10-9-42-39(43)37-3-1-2-4-38(37)40(42)44/h1-8H,9-34,41H2. The summed E-state index contributed by atoms with van der Waals surface area (Å²) < 4.78 is 71.4. The van der Waals surface area contributed by atoms with Gasteiger partial charge in [-0.15, -0.1) is 0 Å². The van der Waals surface area contributed by atoms with Crippen LogP contribution in [0.4, 0.5) is 5.69 Å². The number of imide groups is 1. The Bertz CT molecular complexity index is 1250. The number of anilines is 1. The molecule has 0 saturated heterocycles. The number of hydrogen-bond donors (Lipinski definition) is 1. The van der Waals surface area contributed by atoms with E-state index in [0.29, 0.717) is 175 Å². The number of carbonyl (C=O) groups is 2. The topological polar surface area (TPSA) is 183 Å². The molecule has 17 nitrogen and oxygen atoms in total. The maximum Gasteiger partial charge on any atom is 0.261 e. The van der Waals surface area contributed by atoms with Crippen molar-refractivity contribution < 1.29 is 71.2 Å². The van der Waals surface area contributed by atoms with E-state index in [0.717, 1.165) is 5.75 Å². The highest BCUT2D eigenvalue weighted by molar-refractivity contribution is 6.21. The van der Waals surface area contributed by atoms with Gasteiger partial charge in [0, 0.05) is 5.69 Å². The van der Waals surface area contributed by atoms with E-state index in [2.05, 4.69) is 0 Å². The van der Waals surface area contributed by atoms with Gasteiger partial charge in [0.1, 0.15) is 12.4 Å². The largest absolute Gasteiger partial charge is 0.491 e. The third kappa shape index (κ3) is 23.6. The van der Waals surface area contributed by atoms with Gasteiger partial charge in [0.2, 0.25) is 0 Å². The zero-order valence-corrected chi connectivity index (χ0v) is 33.2. The van der Waals surface area contributed by atoms with E-state index in [-0.39, 0.29) is 25.0 Å². The van der Waals surface area contributed by atoms with Crippen molar-refractivity contribution in [2.75, 3.05) is 177 Å². The lowest BCUT2D eigenvalue weighted by molar-refractivity contribution is -0.0286. The summed E-state index contributed by atoms with van der Waals surface area (Å²) in [6.07, 6.45) is 0. The molecule has 17 heteroatoms. The van der Waals surface area contributed by atoms with Crippen LogP contribution >= 0.6 is 0 Å². The second-order valence-electron chi connectivity index (χ2n) is 12.1. The predicted octanol–water partition coefficient (Wildman–Crippen LogP) is 2.14. The molecule has 0 spiro atoms. The third-order valence-corrected chi connectivity index (χ3v) is 7.81. The molecule has 57 heavy (non-hydrogen) atoms. The maximum absolute atomic E-state index is 12.3. The Morgan fingerprint density at radius 2 is 0.614 bits per heavy atom. The van der Waals surface area contributed by atoms with Gasteiger partial charge in [-0.2, -0.15) is 0 Å². The molecule has 322 valence electrons.